The van der Waals surface area contributed by atoms with E-state index in [2.05, 4.69) is 4.98 Å². The quantitative estimate of drug-likeness (QED) is 0.372. The van der Waals surface area contributed by atoms with Crippen molar-refractivity contribution in [2.45, 2.75) is 26.8 Å². The van der Waals surface area contributed by atoms with Crippen LogP contribution in [0.3, 0.4) is 0 Å². The molecule has 1 fully saturated rings. The first kappa shape index (κ1) is 21.3. The molecule has 1 saturated heterocycles. The fraction of sp³-hybridized carbons (Fsp3) is 0.192. The van der Waals surface area contributed by atoms with Crippen LogP contribution in [0.2, 0.25) is 0 Å². The topological polar surface area (TPSA) is 79.7 Å². The van der Waals surface area contributed by atoms with Crippen LogP contribution < -0.4 is 9.64 Å². The van der Waals surface area contributed by atoms with E-state index in [4.69, 9.17) is 4.74 Å². The zero-order valence-electron chi connectivity index (χ0n) is 18.4. The number of carbonyl (C=O) groups is 2. The summed E-state index contributed by atoms with van der Waals surface area (Å²) >= 11 is 0. The molecule has 6 nitrogen and oxygen atoms in total. The SMILES string of the molecule is COc1cc(C)c(/C(O)=C2\C(=O)C(=O)N(c3ccccc3C)C2c2ccccn2)cc1C. The molecule has 1 unspecified atom stereocenters. The molecule has 162 valence electrons. The Kier molecular flexibility index (Phi) is 5.53. The average molecular weight is 428 g/mol. The zero-order chi connectivity index (χ0) is 23.0. The summed E-state index contributed by atoms with van der Waals surface area (Å²) in [6.45, 7) is 5.56. The van der Waals surface area contributed by atoms with Crippen molar-refractivity contribution in [3.05, 3.63) is 94.3 Å². The van der Waals surface area contributed by atoms with E-state index in [9.17, 15) is 14.7 Å². The van der Waals surface area contributed by atoms with Crippen molar-refractivity contribution < 1.29 is 19.4 Å². The molecule has 2 aromatic carbocycles. The molecule has 0 aliphatic carbocycles. The van der Waals surface area contributed by atoms with Gasteiger partial charge in [0, 0.05) is 17.4 Å². The van der Waals surface area contributed by atoms with Crippen LogP contribution >= 0.6 is 0 Å². The van der Waals surface area contributed by atoms with Gasteiger partial charge in [0.05, 0.1) is 18.4 Å². The molecule has 1 aliphatic rings. The molecule has 0 bridgehead atoms. The predicted octanol–water partition coefficient (Wildman–Crippen LogP) is 4.64. The van der Waals surface area contributed by atoms with Crippen LogP contribution in [0.4, 0.5) is 5.69 Å². The normalized spacial score (nSPS) is 17.6. The van der Waals surface area contributed by atoms with Crippen molar-refractivity contribution in [3.8, 4) is 5.75 Å². The number of benzene rings is 2. The Hall–Kier alpha value is -3.93. The zero-order valence-corrected chi connectivity index (χ0v) is 18.4. The second kappa shape index (κ2) is 8.30. The number of ether oxygens (including phenoxy) is 1. The maximum absolute atomic E-state index is 13.3. The number of nitrogens with zero attached hydrogens (tertiary/aromatic N) is 2. The van der Waals surface area contributed by atoms with E-state index in [1.54, 1.807) is 49.7 Å². The molecule has 0 spiro atoms. The number of aryl methyl sites for hydroxylation is 3. The molecule has 3 aromatic rings. The van der Waals surface area contributed by atoms with Crippen molar-refractivity contribution in [3.63, 3.8) is 0 Å². The van der Waals surface area contributed by atoms with Gasteiger partial charge in [-0.05, 0) is 67.8 Å². The largest absolute Gasteiger partial charge is 0.507 e. The summed E-state index contributed by atoms with van der Waals surface area (Å²) in [5, 5.41) is 11.4. The minimum Gasteiger partial charge on any atom is -0.507 e. The van der Waals surface area contributed by atoms with E-state index >= 15 is 0 Å². The van der Waals surface area contributed by atoms with Gasteiger partial charge in [-0.25, -0.2) is 0 Å². The Bertz CT molecular complexity index is 1250. The molecule has 6 heteroatoms. The summed E-state index contributed by atoms with van der Waals surface area (Å²) in [5.74, 6) is -0.979. The summed E-state index contributed by atoms with van der Waals surface area (Å²) in [5.41, 5.74) is 3.98. The first-order valence-corrected chi connectivity index (χ1v) is 10.3. The molecule has 32 heavy (non-hydrogen) atoms. The Morgan fingerprint density at radius 3 is 2.34 bits per heavy atom. The lowest BCUT2D eigenvalue weighted by Crippen LogP contribution is -2.30. The Balaban J connectivity index is 1.98. The summed E-state index contributed by atoms with van der Waals surface area (Å²) in [6, 6.07) is 15.4. The number of para-hydroxylation sites is 1. The van der Waals surface area contributed by atoms with E-state index in [1.165, 1.54) is 4.90 Å². The number of hydrogen-bond acceptors (Lipinski definition) is 5. The molecule has 1 aromatic heterocycles. The fourth-order valence-corrected chi connectivity index (χ4v) is 4.14. The molecular formula is C26H24N2O4. The maximum atomic E-state index is 13.3. The molecule has 4 rings (SSSR count). The lowest BCUT2D eigenvalue weighted by Gasteiger charge is -2.26. The van der Waals surface area contributed by atoms with E-state index in [1.807, 2.05) is 39.0 Å². The third-order valence-corrected chi connectivity index (χ3v) is 5.78. The van der Waals surface area contributed by atoms with Crippen LogP contribution in [0.5, 0.6) is 5.75 Å². The highest BCUT2D eigenvalue weighted by atomic mass is 16.5. The van der Waals surface area contributed by atoms with Gasteiger partial charge in [0.25, 0.3) is 11.7 Å². The Morgan fingerprint density at radius 2 is 1.69 bits per heavy atom. The van der Waals surface area contributed by atoms with Crippen LogP contribution in [0.1, 0.15) is 34.0 Å². The van der Waals surface area contributed by atoms with Crippen molar-refractivity contribution in [2.75, 3.05) is 12.0 Å². The number of methoxy groups -OCH3 is 1. The van der Waals surface area contributed by atoms with E-state index < -0.39 is 17.7 Å². The van der Waals surface area contributed by atoms with Gasteiger partial charge < -0.3 is 9.84 Å². The lowest BCUT2D eigenvalue weighted by molar-refractivity contribution is -0.132. The van der Waals surface area contributed by atoms with Crippen molar-refractivity contribution in [1.29, 1.82) is 0 Å². The standard InChI is InChI=1S/C26H24N2O4/c1-15-9-5-6-11-20(15)28-23(19-10-7-8-12-27-19)22(25(30)26(28)31)24(29)18-13-17(3)21(32-4)14-16(18)2/h5-14,23,29H,1-4H3/b24-22+. The fourth-order valence-electron chi connectivity index (χ4n) is 4.14. The van der Waals surface area contributed by atoms with Gasteiger partial charge in [0.15, 0.2) is 0 Å². The number of carbonyl (C=O) groups excluding carboxylic acids is 2. The number of hydrogen-bond donors (Lipinski definition) is 1. The van der Waals surface area contributed by atoms with Crippen LogP contribution in [-0.4, -0.2) is 28.9 Å². The molecule has 1 N–H and O–H groups in total. The number of anilines is 1. The minimum atomic E-state index is -0.848. The number of aromatic nitrogens is 1. The van der Waals surface area contributed by atoms with Gasteiger partial charge in [-0.3, -0.25) is 19.5 Å². The van der Waals surface area contributed by atoms with Gasteiger partial charge in [0.1, 0.15) is 17.6 Å². The second-order valence-electron chi connectivity index (χ2n) is 7.85. The Labute approximate surface area is 186 Å². The number of rotatable bonds is 4. The van der Waals surface area contributed by atoms with Gasteiger partial charge >= 0.3 is 0 Å². The monoisotopic (exact) mass is 428 g/mol. The molecular weight excluding hydrogens is 404 g/mol. The molecule has 0 saturated carbocycles. The van der Waals surface area contributed by atoms with Gasteiger partial charge in [0.2, 0.25) is 0 Å². The average Bonchev–Trinajstić information content (AvgIpc) is 3.06. The first-order valence-electron chi connectivity index (χ1n) is 10.3. The van der Waals surface area contributed by atoms with Crippen LogP contribution in [0.15, 0.2) is 66.4 Å². The van der Waals surface area contributed by atoms with Crippen LogP contribution in [0.25, 0.3) is 5.76 Å². The highest BCUT2D eigenvalue weighted by molar-refractivity contribution is 6.51. The van der Waals surface area contributed by atoms with Crippen molar-refractivity contribution >= 4 is 23.1 Å². The molecule has 1 atom stereocenters. The summed E-state index contributed by atoms with van der Waals surface area (Å²) in [7, 11) is 1.58. The number of aliphatic hydroxyl groups is 1. The molecule has 1 amide bonds. The highest BCUT2D eigenvalue weighted by Gasteiger charge is 2.48. The number of aliphatic hydroxyl groups excluding tert-OH is 1. The lowest BCUT2D eigenvalue weighted by atomic mass is 9.94. The minimum absolute atomic E-state index is 0.0182. The van der Waals surface area contributed by atoms with E-state index in [0.29, 0.717) is 22.7 Å². The van der Waals surface area contributed by atoms with E-state index in [-0.39, 0.29) is 11.3 Å². The number of pyridine rings is 1. The van der Waals surface area contributed by atoms with E-state index in [0.717, 1.165) is 16.7 Å². The smallest absolute Gasteiger partial charge is 0.300 e. The van der Waals surface area contributed by atoms with Gasteiger partial charge in [-0.15, -0.1) is 0 Å². The van der Waals surface area contributed by atoms with Crippen molar-refractivity contribution in [2.24, 2.45) is 0 Å². The third-order valence-electron chi connectivity index (χ3n) is 5.78. The number of ketones is 1. The molecule has 0 radical (unpaired) electrons. The molecule has 1 aliphatic heterocycles. The molecule has 2 heterocycles. The summed E-state index contributed by atoms with van der Waals surface area (Å²) in [4.78, 5) is 32.3. The summed E-state index contributed by atoms with van der Waals surface area (Å²) in [6.07, 6.45) is 1.61. The summed E-state index contributed by atoms with van der Waals surface area (Å²) < 4.78 is 5.37. The number of amides is 1. The second-order valence-corrected chi connectivity index (χ2v) is 7.85. The number of Topliss-reactive ketones (excluding diaryl/α,β-unsaturated/α-hetero) is 1. The maximum Gasteiger partial charge on any atom is 0.300 e. The predicted molar refractivity (Wildman–Crippen MR) is 123 cm³/mol. The highest BCUT2D eigenvalue weighted by Crippen LogP contribution is 2.43. The Morgan fingerprint density at radius 1 is 0.969 bits per heavy atom. The third kappa shape index (κ3) is 3.43. The van der Waals surface area contributed by atoms with Crippen LogP contribution in [-0.2, 0) is 9.59 Å². The van der Waals surface area contributed by atoms with Gasteiger partial charge in [-0.2, -0.15) is 0 Å². The first-order chi connectivity index (χ1) is 15.3. The van der Waals surface area contributed by atoms with Crippen molar-refractivity contribution in [1.82, 2.24) is 4.98 Å². The van der Waals surface area contributed by atoms with Gasteiger partial charge in [-0.1, -0.05) is 24.3 Å². The van der Waals surface area contributed by atoms with Crippen LogP contribution in [0, 0.1) is 20.8 Å².